The van der Waals surface area contributed by atoms with Gasteiger partial charge in [0.05, 0.1) is 5.54 Å². The smallest absolute Gasteiger partial charge is 0.220 e. The van der Waals surface area contributed by atoms with Gasteiger partial charge in [0.25, 0.3) is 0 Å². The van der Waals surface area contributed by atoms with Crippen molar-refractivity contribution in [3.05, 3.63) is 35.9 Å². The minimum atomic E-state index is -0.205. The second-order valence-corrected chi connectivity index (χ2v) is 5.84. The highest BCUT2D eigenvalue weighted by Gasteiger charge is 2.23. The number of nitrogens with one attached hydrogen (secondary N) is 1. The van der Waals surface area contributed by atoms with Crippen LogP contribution in [0.3, 0.4) is 0 Å². The molecule has 18 heavy (non-hydrogen) atoms. The Morgan fingerprint density at radius 1 is 1.22 bits per heavy atom. The molecule has 0 aliphatic carbocycles. The topological polar surface area (TPSA) is 29.1 Å². The summed E-state index contributed by atoms with van der Waals surface area (Å²) in [5.41, 5.74) is 1.08. The van der Waals surface area contributed by atoms with Crippen LogP contribution in [0.4, 0.5) is 0 Å². The van der Waals surface area contributed by atoms with Crippen LogP contribution in [-0.2, 0) is 11.2 Å². The van der Waals surface area contributed by atoms with E-state index in [9.17, 15) is 4.79 Å². The number of carbonyl (C=O) groups excluding carboxylic acids is 1. The van der Waals surface area contributed by atoms with Crippen molar-refractivity contribution in [1.82, 2.24) is 5.32 Å². The van der Waals surface area contributed by atoms with Crippen LogP contribution < -0.4 is 5.32 Å². The quantitative estimate of drug-likeness (QED) is 0.722. The van der Waals surface area contributed by atoms with Crippen molar-refractivity contribution in [1.29, 1.82) is 0 Å². The minimum Gasteiger partial charge on any atom is -0.349 e. The lowest BCUT2D eigenvalue weighted by atomic mass is 10.1. The van der Waals surface area contributed by atoms with E-state index in [4.69, 9.17) is 0 Å². The third kappa shape index (κ3) is 5.53. The Balaban J connectivity index is 2.30. The Bertz CT molecular complexity index is 363. The molecule has 0 fully saturated rings. The van der Waals surface area contributed by atoms with Gasteiger partial charge in [0.2, 0.25) is 5.91 Å². The van der Waals surface area contributed by atoms with E-state index >= 15 is 0 Å². The summed E-state index contributed by atoms with van der Waals surface area (Å²) in [6.07, 6.45) is 2.41. The zero-order chi connectivity index (χ0) is 13.4. The fourth-order valence-electron chi connectivity index (χ4n) is 1.60. The summed E-state index contributed by atoms with van der Waals surface area (Å²) in [5, 5.41) is 4.54. The Morgan fingerprint density at radius 3 is 2.39 bits per heavy atom. The molecule has 100 valence electrons. The van der Waals surface area contributed by atoms with Gasteiger partial charge in [0.15, 0.2) is 0 Å². The van der Waals surface area contributed by atoms with Crippen molar-refractivity contribution in [2.24, 2.45) is 0 Å². The molecule has 0 aromatic heterocycles. The van der Waals surface area contributed by atoms with Gasteiger partial charge in [-0.1, -0.05) is 62.2 Å². The van der Waals surface area contributed by atoms with Gasteiger partial charge in [0, 0.05) is 17.1 Å². The van der Waals surface area contributed by atoms with E-state index in [2.05, 4.69) is 49.3 Å². The first kappa shape index (κ1) is 15.7. The maximum atomic E-state index is 11.8. The molecule has 0 bridgehead atoms. The summed E-state index contributed by atoms with van der Waals surface area (Å²) >= 11 is 6.84. The summed E-state index contributed by atoms with van der Waals surface area (Å²) in [4.78, 5) is 11.8. The van der Waals surface area contributed by atoms with Gasteiger partial charge < -0.3 is 5.32 Å². The summed E-state index contributed by atoms with van der Waals surface area (Å²) < 4.78 is 0. The Morgan fingerprint density at radius 2 is 1.83 bits per heavy atom. The Kier molecular flexibility index (Phi) is 6.94. The van der Waals surface area contributed by atoms with Crippen molar-refractivity contribution in [3.63, 3.8) is 0 Å². The predicted octanol–water partition coefficient (Wildman–Crippen LogP) is 3.67. The molecule has 0 atom stereocenters. The SMILES string of the molecule is CC(CBr)(CBr)NC(=O)CCCc1ccccc1. The monoisotopic (exact) mass is 375 g/mol. The zero-order valence-corrected chi connectivity index (χ0v) is 13.8. The molecule has 1 aromatic carbocycles. The van der Waals surface area contributed by atoms with Crippen LogP contribution in [0.15, 0.2) is 30.3 Å². The Labute approximate surface area is 126 Å². The number of benzene rings is 1. The third-order valence-electron chi connectivity index (χ3n) is 2.74. The lowest BCUT2D eigenvalue weighted by Gasteiger charge is -2.26. The maximum absolute atomic E-state index is 11.8. The first-order valence-corrected chi connectivity index (χ1v) is 8.31. The van der Waals surface area contributed by atoms with Crippen LogP contribution in [0.5, 0.6) is 0 Å². The normalized spacial score (nSPS) is 11.3. The molecule has 0 saturated heterocycles. The molecule has 1 N–H and O–H groups in total. The highest BCUT2D eigenvalue weighted by Crippen LogP contribution is 2.12. The zero-order valence-electron chi connectivity index (χ0n) is 10.6. The highest BCUT2D eigenvalue weighted by molar-refractivity contribution is 9.09. The van der Waals surface area contributed by atoms with Crippen LogP contribution in [0, 0.1) is 0 Å². The first-order valence-electron chi connectivity index (χ1n) is 6.06. The molecule has 0 spiro atoms. The van der Waals surface area contributed by atoms with Crippen molar-refractivity contribution in [3.8, 4) is 0 Å². The molecule has 0 saturated carbocycles. The standard InChI is InChI=1S/C14H19Br2NO/c1-14(10-15,11-16)17-13(18)9-5-8-12-6-3-2-4-7-12/h2-4,6-7H,5,8-11H2,1H3,(H,17,18). The molecular weight excluding hydrogens is 358 g/mol. The van der Waals surface area contributed by atoms with Gasteiger partial charge in [-0.3, -0.25) is 4.79 Å². The van der Waals surface area contributed by atoms with Gasteiger partial charge >= 0.3 is 0 Å². The van der Waals surface area contributed by atoms with Crippen molar-refractivity contribution < 1.29 is 4.79 Å². The van der Waals surface area contributed by atoms with Crippen molar-refractivity contribution in [2.45, 2.75) is 31.7 Å². The number of hydrogen-bond donors (Lipinski definition) is 1. The number of rotatable bonds is 7. The van der Waals surface area contributed by atoms with Gasteiger partial charge in [-0.05, 0) is 25.3 Å². The predicted molar refractivity (Wildman–Crippen MR) is 83.5 cm³/mol. The van der Waals surface area contributed by atoms with Crippen LogP contribution in [0.25, 0.3) is 0 Å². The maximum Gasteiger partial charge on any atom is 0.220 e. The average molecular weight is 377 g/mol. The second-order valence-electron chi connectivity index (χ2n) is 4.72. The number of hydrogen-bond acceptors (Lipinski definition) is 1. The van der Waals surface area contributed by atoms with Gasteiger partial charge in [-0.2, -0.15) is 0 Å². The minimum absolute atomic E-state index is 0.118. The van der Waals surface area contributed by atoms with E-state index in [0.29, 0.717) is 6.42 Å². The van der Waals surface area contributed by atoms with Gasteiger partial charge in [0.1, 0.15) is 0 Å². The summed E-state index contributed by atoms with van der Waals surface area (Å²) in [5.74, 6) is 0.118. The van der Waals surface area contributed by atoms with Crippen molar-refractivity contribution >= 4 is 37.8 Å². The second kappa shape index (κ2) is 7.95. The molecule has 0 aliphatic rings. The molecule has 0 aliphatic heterocycles. The largest absolute Gasteiger partial charge is 0.349 e. The van der Waals surface area contributed by atoms with Gasteiger partial charge in [-0.25, -0.2) is 0 Å². The van der Waals surface area contributed by atoms with E-state index in [1.165, 1.54) is 5.56 Å². The molecule has 0 unspecified atom stereocenters. The number of amides is 1. The molecule has 4 heteroatoms. The van der Waals surface area contributed by atoms with E-state index in [0.717, 1.165) is 23.5 Å². The molecule has 1 aromatic rings. The summed E-state index contributed by atoms with van der Waals surface area (Å²) in [6.45, 7) is 2.02. The third-order valence-corrected chi connectivity index (χ3v) is 5.22. The van der Waals surface area contributed by atoms with Crippen LogP contribution in [-0.4, -0.2) is 22.1 Å². The molecule has 1 amide bonds. The van der Waals surface area contributed by atoms with E-state index in [-0.39, 0.29) is 11.4 Å². The molecule has 0 heterocycles. The van der Waals surface area contributed by atoms with Crippen LogP contribution in [0.2, 0.25) is 0 Å². The number of carbonyl (C=O) groups is 1. The van der Waals surface area contributed by atoms with E-state index < -0.39 is 0 Å². The van der Waals surface area contributed by atoms with E-state index in [1.807, 2.05) is 25.1 Å². The molecule has 1 rings (SSSR count). The van der Waals surface area contributed by atoms with Crippen molar-refractivity contribution in [2.75, 3.05) is 10.7 Å². The fraction of sp³-hybridized carbons (Fsp3) is 0.500. The lowest BCUT2D eigenvalue weighted by molar-refractivity contribution is -0.122. The highest BCUT2D eigenvalue weighted by atomic mass is 79.9. The first-order chi connectivity index (χ1) is 8.59. The molecule has 0 radical (unpaired) electrons. The van der Waals surface area contributed by atoms with E-state index in [1.54, 1.807) is 0 Å². The summed E-state index contributed by atoms with van der Waals surface area (Å²) in [6, 6.07) is 10.3. The molecular formula is C14H19Br2NO. The Hall–Kier alpha value is -0.350. The summed E-state index contributed by atoms with van der Waals surface area (Å²) in [7, 11) is 0. The van der Waals surface area contributed by atoms with Gasteiger partial charge in [-0.15, -0.1) is 0 Å². The number of aryl methyl sites for hydroxylation is 1. The number of alkyl halides is 2. The average Bonchev–Trinajstić information content (AvgIpc) is 2.40. The number of halogens is 2. The molecule has 2 nitrogen and oxygen atoms in total. The van der Waals surface area contributed by atoms with Crippen LogP contribution >= 0.6 is 31.9 Å². The lowest BCUT2D eigenvalue weighted by Crippen LogP contribution is -2.48. The fourth-order valence-corrected chi connectivity index (χ4v) is 2.81. The van der Waals surface area contributed by atoms with Crippen LogP contribution in [0.1, 0.15) is 25.3 Å².